The first kappa shape index (κ1) is 12.9. The van der Waals surface area contributed by atoms with E-state index in [0.717, 1.165) is 16.5 Å². The number of nitrogens with two attached hydrogens (primary N) is 1. The Bertz CT molecular complexity index is 335. The van der Waals surface area contributed by atoms with Gasteiger partial charge in [0.15, 0.2) is 5.78 Å². The zero-order chi connectivity index (χ0) is 11.4. The van der Waals surface area contributed by atoms with Gasteiger partial charge in [-0.1, -0.05) is 13.8 Å². The van der Waals surface area contributed by atoms with E-state index in [4.69, 9.17) is 5.73 Å². The van der Waals surface area contributed by atoms with Gasteiger partial charge in [-0.05, 0) is 28.3 Å². The molecule has 2 N–H and O–H groups in total. The number of hydrogen-bond donors (Lipinski definition) is 1. The molecule has 0 saturated heterocycles. The first-order chi connectivity index (χ1) is 7.06. The van der Waals surface area contributed by atoms with Crippen molar-refractivity contribution < 1.29 is 4.79 Å². The number of thiophene rings is 1. The molecule has 1 unspecified atom stereocenters. The zero-order valence-corrected chi connectivity index (χ0v) is 11.4. The van der Waals surface area contributed by atoms with Crippen LogP contribution in [0.25, 0.3) is 0 Å². The monoisotopic (exact) mass is 289 g/mol. The highest BCUT2D eigenvalue weighted by atomic mass is 79.9. The number of carbonyl (C=O) groups excluding carboxylic acids is 1. The minimum atomic E-state index is -0.0455. The molecule has 0 fully saturated rings. The van der Waals surface area contributed by atoms with Crippen LogP contribution in [0.5, 0.6) is 0 Å². The number of Topliss-reactive ketones (excluding diaryl/α,β-unsaturated/α-hetero) is 1. The van der Waals surface area contributed by atoms with Crippen LogP contribution in [-0.2, 0) is 0 Å². The predicted molar refractivity (Wildman–Crippen MR) is 68.3 cm³/mol. The maximum atomic E-state index is 12.1. The minimum Gasteiger partial charge on any atom is -0.330 e. The van der Waals surface area contributed by atoms with Gasteiger partial charge in [0.1, 0.15) is 0 Å². The van der Waals surface area contributed by atoms with E-state index in [1.54, 1.807) is 0 Å². The Morgan fingerprint density at radius 1 is 1.53 bits per heavy atom. The van der Waals surface area contributed by atoms with Crippen molar-refractivity contribution in [3.63, 3.8) is 0 Å². The van der Waals surface area contributed by atoms with Crippen LogP contribution < -0.4 is 5.73 Å². The van der Waals surface area contributed by atoms with E-state index in [1.807, 2.05) is 10.8 Å². The topological polar surface area (TPSA) is 43.1 Å². The number of hydrogen-bond acceptors (Lipinski definition) is 3. The molecule has 0 aromatic carbocycles. The standard InChI is InChI=1S/C11H16BrNOS/c1-7(2)3-8(4-13)11(14)9-5-15-6-10(9)12/h5-8H,3-4,13H2,1-2H3. The second kappa shape index (κ2) is 5.77. The summed E-state index contributed by atoms with van der Waals surface area (Å²) in [5, 5.41) is 3.81. The molecule has 2 nitrogen and oxygen atoms in total. The van der Waals surface area contributed by atoms with Crippen molar-refractivity contribution in [2.45, 2.75) is 20.3 Å². The molecule has 1 heterocycles. The number of ketones is 1. The van der Waals surface area contributed by atoms with Crippen molar-refractivity contribution in [2.24, 2.45) is 17.6 Å². The summed E-state index contributed by atoms with van der Waals surface area (Å²) in [4.78, 5) is 12.1. The first-order valence-corrected chi connectivity index (χ1v) is 6.75. The normalized spacial score (nSPS) is 13.1. The smallest absolute Gasteiger partial charge is 0.169 e. The molecule has 1 aromatic heterocycles. The molecule has 1 rings (SSSR count). The van der Waals surface area contributed by atoms with Gasteiger partial charge >= 0.3 is 0 Å². The summed E-state index contributed by atoms with van der Waals surface area (Å²) < 4.78 is 0.889. The second-order valence-electron chi connectivity index (χ2n) is 4.06. The molecule has 0 radical (unpaired) electrons. The van der Waals surface area contributed by atoms with Crippen LogP contribution in [-0.4, -0.2) is 12.3 Å². The Labute approximate surface area is 103 Å². The van der Waals surface area contributed by atoms with Crippen LogP contribution in [0.2, 0.25) is 0 Å². The highest BCUT2D eigenvalue weighted by Gasteiger charge is 2.21. The largest absolute Gasteiger partial charge is 0.330 e. The molecule has 4 heteroatoms. The molecule has 0 spiro atoms. The highest BCUT2D eigenvalue weighted by molar-refractivity contribution is 9.10. The fraction of sp³-hybridized carbons (Fsp3) is 0.545. The van der Waals surface area contributed by atoms with Gasteiger partial charge in [-0.2, -0.15) is 11.3 Å². The number of rotatable bonds is 5. The summed E-state index contributed by atoms with van der Waals surface area (Å²) in [5.41, 5.74) is 6.42. The zero-order valence-electron chi connectivity index (χ0n) is 9.00. The lowest BCUT2D eigenvalue weighted by Gasteiger charge is -2.15. The quantitative estimate of drug-likeness (QED) is 0.845. The number of halogens is 1. The van der Waals surface area contributed by atoms with Crippen LogP contribution in [0, 0.1) is 11.8 Å². The number of carbonyl (C=O) groups is 1. The van der Waals surface area contributed by atoms with Crippen molar-refractivity contribution in [1.82, 2.24) is 0 Å². The Hall–Kier alpha value is -0.190. The van der Waals surface area contributed by atoms with E-state index in [-0.39, 0.29) is 11.7 Å². The van der Waals surface area contributed by atoms with E-state index in [2.05, 4.69) is 29.8 Å². The predicted octanol–water partition coefficient (Wildman–Crippen LogP) is 3.31. The van der Waals surface area contributed by atoms with Crippen molar-refractivity contribution in [1.29, 1.82) is 0 Å². The lowest BCUT2D eigenvalue weighted by atomic mass is 9.91. The fourth-order valence-corrected chi connectivity index (χ4v) is 3.04. The molecular formula is C11H16BrNOS. The Balaban J connectivity index is 2.78. The van der Waals surface area contributed by atoms with E-state index in [0.29, 0.717) is 12.5 Å². The molecular weight excluding hydrogens is 274 g/mol. The maximum absolute atomic E-state index is 12.1. The third-order valence-electron chi connectivity index (χ3n) is 2.29. The van der Waals surface area contributed by atoms with Gasteiger partial charge in [-0.15, -0.1) is 0 Å². The summed E-state index contributed by atoms with van der Waals surface area (Å²) in [6, 6.07) is 0. The van der Waals surface area contributed by atoms with Crippen molar-refractivity contribution in [2.75, 3.05) is 6.54 Å². The van der Waals surface area contributed by atoms with E-state index in [9.17, 15) is 4.79 Å². The average molecular weight is 290 g/mol. The maximum Gasteiger partial charge on any atom is 0.169 e. The molecule has 0 aliphatic rings. The highest BCUT2D eigenvalue weighted by Crippen LogP contribution is 2.26. The first-order valence-electron chi connectivity index (χ1n) is 5.02. The molecule has 0 aliphatic heterocycles. The van der Waals surface area contributed by atoms with Crippen LogP contribution in [0.1, 0.15) is 30.6 Å². The van der Waals surface area contributed by atoms with Gasteiger partial charge in [0.05, 0.1) is 0 Å². The molecule has 0 bridgehead atoms. The summed E-state index contributed by atoms with van der Waals surface area (Å²) >= 11 is 4.91. The summed E-state index contributed by atoms with van der Waals surface area (Å²) in [7, 11) is 0. The van der Waals surface area contributed by atoms with Gasteiger partial charge in [0.25, 0.3) is 0 Å². The van der Waals surface area contributed by atoms with Gasteiger partial charge in [-0.25, -0.2) is 0 Å². The van der Waals surface area contributed by atoms with Gasteiger partial charge in [0.2, 0.25) is 0 Å². The van der Waals surface area contributed by atoms with Crippen LogP contribution in [0.3, 0.4) is 0 Å². The van der Waals surface area contributed by atoms with Gasteiger partial charge < -0.3 is 5.73 Å². The van der Waals surface area contributed by atoms with Crippen LogP contribution in [0.15, 0.2) is 15.2 Å². The lowest BCUT2D eigenvalue weighted by molar-refractivity contribution is 0.0908. The third-order valence-corrected chi connectivity index (χ3v) is 3.99. The Morgan fingerprint density at radius 3 is 2.60 bits per heavy atom. The fourth-order valence-electron chi connectivity index (χ4n) is 1.56. The van der Waals surface area contributed by atoms with E-state index >= 15 is 0 Å². The van der Waals surface area contributed by atoms with Crippen molar-refractivity contribution in [3.05, 3.63) is 20.8 Å². The Morgan fingerprint density at radius 2 is 2.20 bits per heavy atom. The van der Waals surface area contributed by atoms with Crippen molar-refractivity contribution in [3.8, 4) is 0 Å². The Kier molecular flexibility index (Phi) is 4.96. The van der Waals surface area contributed by atoms with Gasteiger partial charge in [-0.3, -0.25) is 4.79 Å². The van der Waals surface area contributed by atoms with Crippen molar-refractivity contribution >= 4 is 33.0 Å². The SMILES string of the molecule is CC(C)CC(CN)C(=O)c1cscc1Br. The third kappa shape index (κ3) is 3.40. The molecule has 15 heavy (non-hydrogen) atoms. The summed E-state index contributed by atoms with van der Waals surface area (Å²) in [6.45, 7) is 4.65. The molecule has 84 valence electrons. The van der Waals surface area contributed by atoms with E-state index < -0.39 is 0 Å². The van der Waals surface area contributed by atoms with Crippen LogP contribution >= 0.6 is 27.3 Å². The second-order valence-corrected chi connectivity index (χ2v) is 5.66. The van der Waals surface area contributed by atoms with Gasteiger partial charge in [0, 0.05) is 33.3 Å². The van der Waals surface area contributed by atoms with E-state index in [1.165, 1.54) is 11.3 Å². The van der Waals surface area contributed by atoms with Crippen LogP contribution in [0.4, 0.5) is 0 Å². The molecule has 0 saturated carbocycles. The molecule has 1 aromatic rings. The summed E-state index contributed by atoms with van der Waals surface area (Å²) in [5.74, 6) is 0.620. The molecule has 0 amide bonds. The lowest BCUT2D eigenvalue weighted by Crippen LogP contribution is -2.25. The minimum absolute atomic E-state index is 0.0455. The molecule has 0 aliphatic carbocycles. The molecule has 1 atom stereocenters. The summed E-state index contributed by atoms with van der Waals surface area (Å²) in [6.07, 6.45) is 0.859. The average Bonchev–Trinajstić information content (AvgIpc) is 2.59.